The average molecular weight is 887 g/mol. The largest absolute Gasteiger partial charge is 0.491 e. The molecule has 3 amide bonds. The van der Waals surface area contributed by atoms with Crippen molar-refractivity contribution in [1.82, 2.24) is 25.2 Å². The SMILES string of the molecule is C=CCNC(=O)C1C2C(=O)OC(c3ccccc3)C(c3ccccc3)N2C(c2ccc(OCCO)cc2)C12C(=O)N(C(=O)OCCOC)c1ccc(C#CCn3nnc4ccccc43)cc12. The Labute approximate surface area is 380 Å². The van der Waals surface area contributed by atoms with Crippen LogP contribution in [-0.2, 0) is 40.6 Å². The molecule has 9 rings (SSSR count). The van der Waals surface area contributed by atoms with Gasteiger partial charge in [-0.1, -0.05) is 108 Å². The van der Waals surface area contributed by atoms with Crippen LogP contribution in [0.15, 0.2) is 140 Å². The molecule has 3 aliphatic heterocycles. The first-order chi connectivity index (χ1) is 32.3. The summed E-state index contributed by atoms with van der Waals surface area (Å²) in [6, 6.07) is 35.0. The molecule has 1 aromatic heterocycles. The average Bonchev–Trinajstić information content (AvgIpc) is 3.99. The molecule has 1 spiro atoms. The molecule has 15 heteroatoms. The number of carbonyl (C=O) groups excluding carboxylic acids is 4. The zero-order chi connectivity index (χ0) is 45.8. The fourth-order valence-corrected chi connectivity index (χ4v) is 9.69. The first-order valence-corrected chi connectivity index (χ1v) is 21.5. The number of cyclic esters (lactones) is 1. The molecule has 2 saturated heterocycles. The van der Waals surface area contributed by atoms with E-state index < -0.39 is 59.4 Å². The molecule has 0 bridgehead atoms. The van der Waals surface area contributed by atoms with Gasteiger partial charge in [-0.25, -0.2) is 14.4 Å². The molecule has 2 N–H and O–H groups in total. The minimum Gasteiger partial charge on any atom is -0.491 e. The van der Waals surface area contributed by atoms with Gasteiger partial charge in [0.1, 0.15) is 48.6 Å². The van der Waals surface area contributed by atoms with Gasteiger partial charge in [0.05, 0.1) is 42.4 Å². The van der Waals surface area contributed by atoms with E-state index in [0.717, 1.165) is 16.0 Å². The third-order valence-corrected chi connectivity index (χ3v) is 12.3. The van der Waals surface area contributed by atoms with Crippen molar-refractivity contribution in [1.29, 1.82) is 0 Å². The van der Waals surface area contributed by atoms with Gasteiger partial charge in [-0.3, -0.25) is 19.3 Å². The highest BCUT2D eigenvalue weighted by molar-refractivity contribution is 6.23. The lowest BCUT2D eigenvalue weighted by Crippen LogP contribution is -2.55. The first kappa shape index (κ1) is 43.6. The number of nitrogens with zero attached hydrogens (tertiary/aromatic N) is 5. The highest BCUT2D eigenvalue weighted by atomic mass is 16.6. The van der Waals surface area contributed by atoms with Crippen LogP contribution in [0.3, 0.4) is 0 Å². The summed E-state index contributed by atoms with van der Waals surface area (Å²) in [5.41, 5.74) is 2.38. The molecule has 15 nitrogen and oxygen atoms in total. The summed E-state index contributed by atoms with van der Waals surface area (Å²) in [5, 5.41) is 21.0. The summed E-state index contributed by atoms with van der Waals surface area (Å²) in [7, 11) is 1.46. The summed E-state index contributed by atoms with van der Waals surface area (Å²) < 4.78 is 24.8. The van der Waals surface area contributed by atoms with Gasteiger partial charge in [-0.05, 0) is 64.7 Å². The van der Waals surface area contributed by atoms with Gasteiger partial charge in [0, 0.05) is 19.2 Å². The lowest BCUT2D eigenvalue weighted by molar-refractivity contribution is -0.178. The molecule has 0 radical (unpaired) electrons. The number of hydrogen-bond acceptors (Lipinski definition) is 12. The van der Waals surface area contributed by atoms with Gasteiger partial charge < -0.3 is 29.4 Å². The van der Waals surface area contributed by atoms with Crippen LogP contribution < -0.4 is 15.0 Å². The lowest BCUT2D eigenvalue weighted by Gasteiger charge is -2.46. The van der Waals surface area contributed by atoms with Crippen molar-refractivity contribution >= 4 is 40.6 Å². The quantitative estimate of drug-likeness (QED) is 0.0637. The van der Waals surface area contributed by atoms with E-state index in [1.165, 1.54) is 13.2 Å². The van der Waals surface area contributed by atoms with E-state index in [9.17, 15) is 9.90 Å². The predicted molar refractivity (Wildman–Crippen MR) is 242 cm³/mol. The molecule has 6 unspecified atom stereocenters. The number of rotatable bonds is 13. The van der Waals surface area contributed by atoms with E-state index in [1.54, 1.807) is 47.1 Å². The van der Waals surface area contributed by atoms with Gasteiger partial charge in [0.15, 0.2) is 0 Å². The van der Waals surface area contributed by atoms with Crippen LogP contribution in [0.5, 0.6) is 5.75 Å². The predicted octanol–water partition coefficient (Wildman–Crippen LogP) is 5.60. The molecule has 6 atom stereocenters. The van der Waals surface area contributed by atoms with Crippen molar-refractivity contribution in [3.05, 3.63) is 168 Å². The maximum absolute atomic E-state index is 16.2. The Balaban J connectivity index is 1.31. The van der Waals surface area contributed by atoms with E-state index in [0.29, 0.717) is 28.0 Å². The molecular formula is C51H46N6O9. The zero-order valence-electron chi connectivity index (χ0n) is 36.0. The van der Waals surface area contributed by atoms with Crippen molar-refractivity contribution in [2.24, 2.45) is 5.92 Å². The molecule has 334 valence electrons. The van der Waals surface area contributed by atoms with E-state index in [4.69, 9.17) is 18.9 Å². The standard InChI is InChI=1S/C51H46N6O9/c1-3-26-52-47(59)42-44-48(60)66-45(35-16-8-5-9-17-35)43(34-14-6-4-7-15-34)57(44)46(36-21-23-37(24-22-36)64-29-28-58)51(42)38-32-33(13-12-27-55-41-19-11-10-18-39(41)53-54-55)20-25-40(38)56(49(51)61)50(62)65-31-30-63-2/h3-11,14-25,32,42-46,58H,1,26-31H2,2H3,(H,52,59). The van der Waals surface area contributed by atoms with Crippen molar-refractivity contribution in [3.8, 4) is 17.6 Å². The normalized spacial score (nSPS) is 22.0. The summed E-state index contributed by atoms with van der Waals surface area (Å²) in [5.74, 6) is 3.19. The summed E-state index contributed by atoms with van der Waals surface area (Å²) in [4.78, 5) is 63.9. The van der Waals surface area contributed by atoms with Crippen LogP contribution in [0.2, 0.25) is 0 Å². The number of benzene rings is 5. The number of para-hydroxylation sites is 1. The number of amides is 3. The van der Waals surface area contributed by atoms with E-state index in [2.05, 4.69) is 34.0 Å². The number of aliphatic hydroxyl groups excluding tert-OH is 1. The van der Waals surface area contributed by atoms with Gasteiger partial charge in [0.25, 0.3) is 0 Å². The van der Waals surface area contributed by atoms with Crippen LogP contribution in [0.1, 0.15) is 46.0 Å². The molecule has 4 heterocycles. The number of methoxy groups -OCH3 is 1. The molecule has 2 fully saturated rings. The smallest absolute Gasteiger partial charge is 0.421 e. The third-order valence-electron chi connectivity index (χ3n) is 12.3. The second-order valence-electron chi connectivity index (χ2n) is 16.0. The Morgan fingerprint density at radius 1 is 0.879 bits per heavy atom. The number of hydrogen-bond donors (Lipinski definition) is 2. The van der Waals surface area contributed by atoms with Gasteiger partial charge in [0.2, 0.25) is 11.8 Å². The van der Waals surface area contributed by atoms with Crippen molar-refractivity contribution in [2.75, 3.05) is 45.0 Å². The van der Waals surface area contributed by atoms with Gasteiger partial charge in [-0.2, -0.15) is 0 Å². The van der Waals surface area contributed by atoms with Crippen molar-refractivity contribution in [2.45, 2.75) is 36.2 Å². The molecule has 0 saturated carbocycles. The number of morpholine rings is 1. The van der Waals surface area contributed by atoms with Crippen molar-refractivity contribution in [3.63, 3.8) is 0 Å². The molecule has 5 aromatic carbocycles. The van der Waals surface area contributed by atoms with Gasteiger partial charge >= 0.3 is 12.1 Å². The molecular weight excluding hydrogens is 841 g/mol. The lowest BCUT2D eigenvalue weighted by atomic mass is 9.65. The van der Waals surface area contributed by atoms with Crippen LogP contribution in [0.4, 0.5) is 10.5 Å². The number of aromatic nitrogens is 3. The number of ether oxygens (including phenoxy) is 4. The van der Waals surface area contributed by atoms with Crippen LogP contribution in [0, 0.1) is 17.8 Å². The number of imide groups is 1. The van der Waals surface area contributed by atoms with Crippen LogP contribution in [0.25, 0.3) is 11.0 Å². The highest BCUT2D eigenvalue weighted by Gasteiger charge is 2.75. The minimum atomic E-state index is -2.02. The third kappa shape index (κ3) is 7.64. The van der Waals surface area contributed by atoms with Crippen LogP contribution >= 0.6 is 0 Å². The minimum absolute atomic E-state index is 0.00972. The number of fused-ring (bicyclic) bond motifs is 4. The molecule has 3 aliphatic rings. The van der Waals surface area contributed by atoms with Crippen LogP contribution in [-0.4, -0.2) is 95.0 Å². The number of carbonyl (C=O) groups is 4. The van der Waals surface area contributed by atoms with Gasteiger partial charge in [-0.15, -0.1) is 11.7 Å². The number of anilines is 1. The Hall–Kier alpha value is -7.64. The van der Waals surface area contributed by atoms with E-state index >= 15 is 14.4 Å². The zero-order valence-corrected chi connectivity index (χ0v) is 36.0. The number of nitrogens with one attached hydrogen (secondary N) is 1. The topological polar surface area (TPSA) is 175 Å². The summed E-state index contributed by atoms with van der Waals surface area (Å²) in [6.07, 6.45) is -0.388. The molecule has 6 aromatic rings. The summed E-state index contributed by atoms with van der Waals surface area (Å²) in [6.45, 7) is 3.72. The fourth-order valence-electron chi connectivity index (χ4n) is 9.69. The Kier molecular flexibility index (Phi) is 12.4. The van der Waals surface area contributed by atoms with Crippen molar-refractivity contribution < 1.29 is 43.2 Å². The number of esters is 1. The molecule has 0 aliphatic carbocycles. The highest BCUT2D eigenvalue weighted by Crippen LogP contribution is 2.66. The monoisotopic (exact) mass is 886 g/mol. The Morgan fingerprint density at radius 2 is 1.61 bits per heavy atom. The Bertz CT molecular complexity index is 2840. The molecule has 66 heavy (non-hydrogen) atoms. The second-order valence-corrected chi connectivity index (χ2v) is 16.0. The maximum atomic E-state index is 16.2. The van der Waals surface area contributed by atoms with E-state index in [1.807, 2.05) is 89.8 Å². The second kappa shape index (κ2) is 18.8. The Morgan fingerprint density at radius 3 is 2.33 bits per heavy atom. The van der Waals surface area contributed by atoms with E-state index in [-0.39, 0.29) is 50.8 Å². The first-order valence-electron chi connectivity index (χ1n) is 21.5. The summed E-state index contributed by atoms with van der Waals surface area (Å²) >= 11 is 0. The fraction of sp³-hybridized carbons (Fsp3) is 0.255. The maximum Gasteiger partial charge on any atom is 0.421 e. The number of aliphatic hydroxyl groups is 1.